The Bertz CT molecular complexity index is 159. The van der Waals surface area contributed by atoms with Gasteiger partial charge in [-0.1, -0.05) is 23.2 Å². The molecule has 0 spiro atoms. The number of hydrogen-bond donors (Lipinski definition) is 0. The summed E-state index contributed by atoms with van der Waals surface area (Å²) in [6.45, 7) is 3.19. The highest BCUT2D eigenvalue weighted by Crippen LogP contribution is 2.13. The van der Waals surface area contributed by atoms with Gasteiger partial charge in [-0.25, -0.2) is 0 Å². The van der Waals surface area contributed by atoms with Gasteiger partial charge in [0.05, 0.1) is 0 Å². The third kappa shape index (κ3) is 4.65. The number of carbonyl (C=O) groups excluding carboxylic acids is 1. The molecule has 2 nitrogen and oxygen atoms in total. The molecule has 0 rings (SSSR count). The van der Waals surface area contributed by atoms with Crippen LogP contribution in [0.5, 0.6) is 0 Å². The molecule has 0 fully saturated rings. The summed E-state index contributed by atoms with van der Waals surface area (Å²) in [7, 11) is 0. The molecule has 0 aliphatic heterocycles. The van der Waals surface area contributed by atoms with Crippen molar-refractivity contribution >= 4 is 29.2 Å². The third-order valence-electron chi connectivity index (χ3n) is 0.815. The van der Waals surface area contributed by atoms with Gasteiger partial charge in [-0.3, -0.25) is 4.79 Å². The van der Waals surface area contributed by atoms with Crippen molar-refractivity contribution in [2.24, 2.45) is 0 Å². The summed E-state index contributed by atoms with van der Waals surface area (Å²) in [5.74, 6) is -0.339. The van der Waals surface area contributed by atoms with E-state index in [0.29, 0.717) is 5.57 Å². The van der Waals surface area contributed by atoms with E-state index in [1.54, 1.807) is 6.92 Å². The van der Waals surface area contributed by atoms with Crippen LogP contribution in [0.15, 0.2) is 10.1 Å². The van der Waals surface area contributed by atoms with Crippen molar-refractivity contribution in [3.63, 3.8) is 0 Å². The van der Waals surface area contributed by atoms with Gasteiger partial charge in [0.2, 0.25) is 0 Å². The van der Waals surface area contributed by atoms with Crippen molar-refractivity contribution in [3.8, 4) is 0 Å². The fourth-order valence-electron chi connectivity index (χ4n) is 0.264. The lowest BCUT2D eigenvalue weighted by molar-refractivity contribution is -0.139. The van der Waals surface area contributed by atoms with Gasteiger partial charge in [0.1, 0.15) is 11.1 Å². The molecule has 0 aliphatic rings. The summed E-state index contributed by atoms with van der Waals surface area (Å²) in [5, 5.41) is 0. The molecule has 0 aromatic rings. The Hall–Kier alpha value is -0.210. The molecule has 0 saturated carbocycles. The van der Waals surface area contributed by atoms with Crippen molar-refractivity contribution < 1.29 is 9.53 Å². The summed E-state index contributed by atoms with van der Waals surface area (Å²) in [6, 6.07) is 0. The number of ether oxygens (including phenoxy) is 1. The van der Waals surface area contributed by atoms with E-state index < -0.39 is 0 Å². The van der Waals surface area contributed by atoms with Crippen LogP contribution in [-0.4, -0.2) is 12.6 Å². The summed E-state index contributed by atoms with van der Waals surface area (Å²) in [5.41, 5.74) is 0.651. The molecule has 0 bridgehead atoms. The van der Waals surface area contributed by atoms with Crippen LogP contribution in [0.25, 0.3) is 0 Å². The molecule has 0 unspecified atom stereocenters. The predicted octanol–water partition coefficient (Wildman–Crippen LogP) is 2.26. The minimum atomic E-state index is -0.339. The van der Waals surface area contributed by atoms with Gasteiger partial charge in [-0.05, 0) is 12.5 Å². The van der Waals surface area contributed by atoms with E-state index in [4.69, 9.17) is 23.2 Å². The zero-order valence-corrected chi connectivity index (χ0v) is 7.29. The topological polar surface area (TPSA) is 26.3 Å². The third-order valence-corrected chi connectivity index (χ3v) is 1.46. The molecule has 0 amide bonds. The van der Waals surface area contributed by atoms with E-state index >= 15 is 0 Å². The van der Waals surface area contributed by atoms with Crippen molar-refractivity contribution in [1.82, 2.24) is 0 Å². The van der Waals surface area contributed by atoms with Crippen molar-refractivity contribution in [1.29, 1.82) is 0 Å². The molecule has 0 aromatic carbocycles. The second-order valence-electron chi connectivity index (χ2n) is 1.82. The largest absolute Gasteiger partial charge is 0.461 e. The highest BCUT2D eigenvalue weighted by Gasteiger charge is 1.97. The molecule has 4 heteroatoms. The van der Waals surface area contributed by atoms with E-state index in [0.717, 1.165) is 0 Å². The summed E-state index contributed by atoms with van der Waals surface area (Å²) < 4.78 is 4.75. The number of rotatable bonds is 2. The number of esters is 1. The molecular weight excluding hydrogens is 175 g/mol. The van der Waals surface area contributed by atoms with E-state index in [1.807, 2.05) is 0 Å². The van der Waals surface area contributed by atoms with Gasteiger partial charge in [0.15, 0.2) is 0 Å². The van der Waals surface area contributed by atoms with Crippen molar-refractivity contribution in [2.75, 3.05) is 6.61 Å². The van der Waals surface area contributed by atoms with Gasteiger partial charge in [0.25, 0.3) is 0 Å². The highest BCUT2D eigenvalue weighted by atomic mass is 35.5. The first-order valence-electron chi connectivity index (χ1n) is 2.68. The summed E-state index contributed by atoms with van der Waals surface area (Å²) in [6.07, 6.45) is 0. The highest BCUT2D eigenvalue weighted by molar-refractivity contribution is 6.56. The van der Waals surface area contributed by atoms with Crippen molar-refractivity contribution in [3.05, 3.63) is 10.1 Å². The fourth-order valence-corrected chi connectivity index (χ4v) is 0.374. The quantitative estimate of drug-likeness (QED) is 0.613. The molecule has 0 aromatic heterocycles. The minimum Gasteiger partial charge on any atom is -0.461 e. The Kier molecular flexibility index (Phi) is 4.49. The number of halogens is 2. The molecule has 0 aliphatic carbocycles. The summed E-state index contributed by atoms with van der Waals surface area (Å²) >= 11 is 10.7. The lowest BCUT2D eigenvalue weighted by Gasteiger charge is -2.00. The SMILES string of the molecule is CC(=O)OCC(C)=C(Cl)Cl. The average molecular weight is 183 g/mol. The zero-order chi connectivity index (χ0) is 8.15. The van der Waals surface area contributed by atoms with Crippen LogP contribution in [0.3, 0.4) is 0 Å². The van der Waals surface area contributed by atoms with E-state index in [2.05, 4.69) is 4.74 Å². The first kappa shape index (κ1) is 9.79. The minimum absolute atomic E-state index is 0.154. The first-order valence-corrected chi connectivity index (χ1v) is 3.43. The summed E-state index contributed by atoms with van der Waals surface area (Å²) in [4.78, 5) is 10.2. The smallest absolute Gasteiger partial charge is 0.302 e. The molecule has 0 radical (unpaired) electrons. The number of hydrogen-bond acceptors (Lipinski definition) is 2. The second kappa shape index (κ2) is 4.58. The van der Waals surface area contributed by atoms with E-state index in [1.165, 1.54) is 6.92 Å². The fraction of sp³-hybridized carbons (Fsp3) is 0.500. The van der Waals surface area contributed by atoms with Gasteiger partial charge in [-0.2, -0.15) is 0 Å². The van der Waals surface area contributed by atoms with Gasteiger partial charge < -0.3 is 4.74 Å². The predicted molar refractivity (Wildman–Crippen MR) is 41.0 cm³/mol. The number of carbonyl (C=O) groups is 1. The second-order valence-corrected chi connectivity index (χ2v) is 2.77. The Morgan fingerprint density at radius 1 is 1.40 bits per heavy atom. The standard InChI is InChI=1S/C6H8Cl2O2/c1-4(6(7)8)3-10-5(2)9/h3H2,1-2H3. The zero-order valence-electron chi connectivity index (χ0n) is 5.78. The van der Waals surface area contributed by atoms with Crippen molar-refractivity contribution in [2.45, 2.75) is 13.8 Å². The molecular formula is C6H8Cl2O2. The van der Waals surface area contributed by atoms with Crippen LogP contribution in [0.2, 0.25) is 0 Å². The lowest BCUT2D eigenvalue weighted by Crippen LogP contribution is -2.01. The molecule has 10 heavy (non-hydrogen) atoms. The van der Waals surface area contributed by atoms with E-state index in [-0.39, 0.29) is 17.1 Å². The molecule has 0 N–H and O–H groups in total. The maximum absolute atomic E-state index is 10.2. The molecule has 0 heterocycles. The first-order chi connectivity index (χ1) is 4.54. The Labute approximate surface area is 69.8 Å². The van der Waals surface area contributed by atoms with Crippen LogP contribution in [0.1, 0.15) is 13.8 Å². The van der Waals surface area contributed by atoms with Gasteiger partial charge in [0, 0.05) is 6.92 Å². The van der Waals surface area contributed by atoms with Gasteiger partial charge in [-0.15, -0.1) is 0 Å². The molecule has 0 saturated heterocycles. The molecule has 58 valence electrons. The molecule has 0 atom stereocenters. The van der Waals surface area contributed by atoms with Crippen LogP contribution < -0.4 is 0 Å². The van der Waals surface area contributed by atoms with Crippen LogP contribution in [0.4, 0.5) is 0 Å². The van der Waals surface area contributed by atoms with E-state index in [9.17, 15) is 4.79 Å². The maximum Gasteiger partial charge on any atom is 0.302 e. The average Bonchev–Trinajstić information content (AvgIpc) is 1.82. The van der Waals surface area contributed by atoms with Crippen LogP contribution >= 0.6 is 23.2 Å². The monoisotopic (exact) mass is 182 g/mol. The normalized spacial score (nSPS) is 8.80. The Morgan fingerprint density at radius 3 is 2.20 bits per heavy atom. The Balaban J connectivity index is 3.71. The Morgan fingerprint density at radius 2 is 1.90 bits per heavy atom. The lowest BCUT2D eigenvalue weighted by atomic mass is 10.4. The van der Waals surface area contributed by atoms with Crippen LogP contribution in [0, 0.1) is 0 Å². The van der Waals surface area contributed by atoms with Gasteiger partial charge >= 0.3 is 5.97 Å². The maximum atomic E-state index is 10.2. The van der Waals surface area contributed by atoms with Crippen LogP contribution in [-0.2, 0) is 9.53 Å².